The number of hydrogen-bond acceptors (Lipinski definition) is 2. The number of anilines is 1. The Bertz CT molecular complexity index is 818. The van der Waals surface area contributed by atoms with Crippen molar-refractivity contribution in [3.05, 3.63) is 64.7 Å². The second kappa shape index (κ2) is 9.14. The van der Waals surface area contributed by atoms with Crippen LogP contribution in [-0.4, -0.2) is 10.8 Å². The lowest BCUT2D eigenvalue weighted by Gasteiger charge is -2.22. The van der Waals surface area contributed by atoms with Crippen LogP contribution >= 0.6 is 12.2 Å². The first kappa shape index (κ1) is 19.6. The molecule has 0 spiro atoms. The number of hydrogen-bond donors (Lipinski definition) is 2. The quantitative estimate of drug-likeness (QED) is 0.385. The third-order valence-electron chi connectivity index (χ3n) is 5.58. The summed E-state index contributed by atoms with van der Waals surface area (Å²) in [6.07, 6.45) is 6.77. The number of benzene rings is 2. The summed E-state index contributed by atoms with van der Waals surface area (Å²) >= 11 is 5.38. The molecular weight excluding hydrogens is 350 g/mol. The number of hydrazone groups is 1. The Hall–Kier alpha value is -2.20. The molecule has 0 unspecified atom stereocenters. The van der Waals surface area contributed by atoms with Gasteiger partial charge in [0.15, 0.2) is 5.11 Å². The van der Waals surface area contributed by atoms with E-state index in [2.05, 4.69) is 60.0 Å². The molecule has 2 N–H and O–H groups in total. The van der Waals surface area contributed by atoms with Gasteiger partial charge >= 0.3 is 0 Å². The van der Waals surface area contributed by atoms with E-state index < -0.39 is 0 Å². The van der Waals surface area contributed by atoms with E-state index in [9.17, 15) is 0 Å². The third kappa shape index (κ3) is 5.16. The summed E-state index contributed by atoms with van der Waals surface area (Å²) in [6, 6.07) is 15.0. The lowest BCUT2D eigenvalue weighted by Crippen LogP contribution is -2.25. The van der Waals surface area contributed by atoms with Crippen LogP contribution in [0.15, 0.2) is 47.6 Å². The molecule has 3 rings (SSSR count). The summed E-state index contributed by atoms with van der Waals surface area (Å²) in [5.74, 6) is 0.734. The second-order valence-electron chi connectivity index (χ2n) is 7.47. The van der Waals surface area contributed by atoms with E-state index in [1.165, 1.54) is 48.8 Å². The van der Waals surface area contributed by atoms with Crippen LogP contribution in [-0.2, 0) is 0 Å². The molecule has 0 radical (unpaired) electrons. The summed E-state index contributed by atoms with van der Waals surface area (Å²) in [7, 11) is 0. The van der Waals surface area contributed by atoms with Crippen LogP contribution in [0.1, 0.15) is 67.2 Å². The summed E-state index contributed by atoms with van der Waals surface area (Å²) in [5, 5.41) is 8.17. The van der Waals surface area contributed by atoms with Crippen molar-refractivity contribution < 1.29 is 0 Å². The summed E-state index contributed by atoms with van der Waals surface area (Å²) in [5.41, 5.74) is 9.92. The highest BCUT2D eigenvalue weighted by Crippen LogP contribution is 2.32. The van der Waals surface area contributed by atoms with Gasteiger partial charge in [-0.25, -0.2) is 0 Å². The van der Waals surface area contributed by atoms with Crippen molar-refractivity contribution in [3.8, 4) is 0 Å². The summed E-state index contributed by atoms with van der Waals surface area (Å²) in [6.45, 7) is 6.18. The van der Waals surface area contributed by atoms with Crippen LogP contribution in [0.25, 0.3) is 0 Å². The smallest absolute Gasteiger partial charge is 0.191 e. The minimum atomic E-state index is 0.502. The van der Waals surface area contributed by atoms with Gasteiger partial charge in [0.25, 0.3) is 0 Å². The number of nitrogens with one attached hydrogen (secondary N) is 2. The molecule has 0 atom stereocenters. The largest absolute Gasteiger partial charge is 0.331 e. The first-order valence-corrected chi connectivity index (χ1v) is 10.2. The van der Waals surface area contributed by atoms with Crippen LogP contribution in [0.3, 0.4) is 0 Å². The average molecular weight is 380 g/mol. The van der Waals surface area contributed by atoms with Gasteiger partial charge in [-0.3, -0.25) is 5.43 Å². The van der Waals surface area contributed by atoms with Crippen molar-refractivity contribution >= 4 is 28.7 Å². The Morgan fingerprint density at radius 3 is 2.41 bits per heavy atom. The van der Waals surface area contributed by atoms with Crippen molar-refractivity contribution in [2.24, 2.45) is 5.10 Å². The SMILES string of the molecule is CC(=NNC(=S)Nc1cccc(C)c1C)c1ccc(C2CCCCC2)cc1. The fourth-order valence-corrected chi connectivity index (χ4v) is 3.82. The molecule has 0 amide bonds. The van der Waals surface area contributed by atoms with E-state index in [-0.39, 0.29) is 0 Å². The molecule has 1 fully saturated rings. The van der Waals surface area contributed by atoms with Gasteiger partial charge in [-0.05, 0) is 80.1 Å². The zero-order chi connectivity index (χ0) is 19.2. The summed E-state index contributed by atoms with van der Waals surface area (Å²) < 4.78 is 0. The highest BCUT2D eigenvalue weighted by atomic mass is 32.1. The van der Waals surface area contributed by atoms with Gasteiger partial charge in [0.2, 0.25) is 0 Å². The van der Waals surface area contributed by atoms with Gasteiger partial charge in [0.05, 0.1) is 5.71 Å². The number of aryl methyl sites for hydroxylation is 1. The normalized spacial score (nSPS) is 15.4. The molecule has 142 valence electrons. The van der Waals surface area contributed by atoms with E-state index in [0.29, 0.717) is 5.11 Å². The molecule has 0 aromatic heterocycles. The van der Waals surface area contributed by atoms with Crippen LogP contribution in [0.4, 0.5) is 5.69 Å². The molecular formula is C23H29N3S. The maximum absolute atomic E-state index is 5.38. The Kier molecular flexibility index (Phi) is 6.62. The molecule has 3 nitrogen and oxygen atoms in total. The van der Waals surface area contributed by atoms with Crippen molar-refractivity contribution in [2.45, 2.75) is 58.8 Å². The number of rotatable bonds is 4. The van der Waals surface area contributed by atoms with Gasteiger partial charge in [-0.15, -0.1) is 0 Å². The number of thiocarbonyl (C=S) groups is 1. The van der Waals surface area contributed by atoms with Crippen molar-refractivity contribution in [3.63, 3.8) is 0 Å². The lowest BCUT2D eigenvalue weighted by molar-refractivity contribution is 0.443. The van der Waals surface area contributed by atoms with Crippen molar-refractivity contribution in [1.29, 1.82) is 0 Å². The van der Waals surface area contributed by atoms with Crippen LogP contribution < -0.4 is 10.7 Å². The molecule has 2 aromatic carbocycles. The standard InChI is InChI=1S/C23H29N3S/c1-16-8-7-11-22(17(16)2)24-23(27)26-25-18(3)19-12-14-21(15-13-19)20-9-5-4-6-10-20/h7-8,11-15,20H,4-6,9-10H2,1-3H3,(H2,24,26,27). The van der Waals surface area contributed by atoms with Crippen molar-refractivity contribution in [1.82, 2.24) is 5.43 Å². The maximum atomic E-state index is 5.38. The fourth-order valence-electron chi connectivity index (χ4n) is 3.67. The van der Waals surface area contributed by atoms with Gasteiger partial charge in [-0.2, -0.15) is 5.10 Å². The Labute approximate surface area is 168 Å². The Morgan fingerprint density at radius 2 is 1.70 bits per heavy atom. The zero-order valence-electron chi connectivity index (χ0n) is 16.5. The average Bonchev–Trinajstić information content (AvgIpc) is 2.70. The van der Waals surface area contributed by atoms with Gasteiger partial charge in [0, 0.05) is 5.69 Å². The van der Waals surface area contributed by atoms with Gasteiger partial charge < -0.3 is 5.32 Å². The molecule has 2 aromatic rings. The monoisotopic (exact) mass is 379 g/mol. The van der Waals surface area contributed by atoms with E-state index in [1.807, 2.05) is 19.1 Å². The molecule has 0 aliphatic heterocycles. The fraction of sp³-hybridized carbons (Fsp3) is 0.391. The van der Waals surface area contributed by atoms with Crippen LogP contribution in [0.2, 0.25) is 0 Å². The predicted octanol–water partition coefficient (Wildman–Crippen LogP) is 6.06. The highest BCUT2D eigenvalue weighted by molar-refractivity contribution is 7.80. The zero-order valence-corrected chi connectivity index (χ0v) is 17.3. The molecule has 1 aliphatic rings. The molecule has 0 bridgehead atoms. The molecule has 4 heteroatoms. The third-order valence-corrected chi connectivity index (χ3v) is 5.78. The van der Waals surface area contributed by atoms with Crippen LogP contribution in [0, 0.1) is 13.8 Å². The first-order valence-electron chi connectivity index (χ1n) is 9.82. The first-order chi connectivity index (χ1) is 13.0. The van der Waals surface area contributed by atoms with Gasteiger partial charge in [-0.1, -0.05) is 55.7 Å². The number of nitrogens with zero attached hydrogens (tertiary/aromatic N) is 1. The second-order valence-corrected chi connectivity index (χ2v) is 7.88. The summed E-state index contributed by atoms with van der Waals surface area (Å²) in [4.78, 5) is 0. The van der Waals surface area contributed by atoms with E-state index in [0.717, 1.165) is 22.9 Å². The van der Waals surface area contributed by atoms with E-state index >= 15 is 0 Å². The Morgan fingerprint density at radius 1 is 1.00 bits per heavy atom. The van der Waals surface area contributed by atoms with Crippen molar-refractivity contribution in [2.75, 3.05) is 5.32 Å². The highest BCUT2D eigenvalue weighted by Gasteiger charge is 2.15. The van der Waals surface area contributed by atoms with E-state index in [4.69, 9.17) is 12.2 Å². The lowest BCUT2D eigenvalue weighted by atomic mass is 9.84. The minimum Gasteiger partial charge on any atom is -0.331 e. The predicted molar refractivity (Wildman–Crippen MR) is 120 cm³/mol. The molecule has 1 aliphatic carbocycles. The Balaban J connectivity index is 1.59. The molecule has 0 saturated heterocycles. The molecule has 27 heavy (non-hydrogen) atoms. The van der Waals surface area contributed by atoms with Gasteiger partial charge in [0.1, 0.15) is 0 Å². The maximum Gasteiger partial charge on any atom is 0.191 e. The topological polar surface area (TPSA) is 36.4 Å². The molecule has 1 saturated carbocycles. The molecule has 0 heterocycles. The van der Waals surface area contributed by atoms with Crippen LogP contribution in [0.5, 0.6) is 0 Å². The minimum absolute atomic E-state index is 0.502. The van der Waals surface area contributed by atoms with E-state index in [1.54, 1.807) is 0 Å².